The number of hydrogen-bond donors (Lipinski definition) is 2. The summed E-state index contributed by atoms with van der Waals surface area (Å²) in [6.45, 7) is 6.13. The smallest absolute Gasteiger partial charge is 0.255 e. The fourth-order valence-corrected chi connectivity index (χ4v) is 5.61. The zero-order valence-corrected chi connectivity index (χ0v) is 20.4. The molecule has 1 aromatic carbocycles. The van der Waals surface area contributed by atoms with E-state index in [1.807, 2.05) is 0 Å². The van der Waals surface area contributed by atoms with Gasteiger partial charge in [0, 0.05) is 12.6 Å². The second-order valence-electron chi connectivity index (χ2n) is 10.4. The number of piperidine rings is 1. The number of carbonyl (C=O) groups excluding carboxylic acids is 1. The summed E-state index contributed by atoms with van der Waals surface area (Å²) in [6, 6.07) is 3.40. The van der Waals surface area contributed by atoms with Crippen LogP contribution in [0.2, 0.25) is 5.02 Å². The summed E-state index contributed by atoms with van der Waals surface area (Å²) < 4.78 is 6.03. The van der Waals surface area contributed by atoms with Gasteiger partial charge in [0.15, 0.2) is 0 Å². The molecule has 178 valence electrons. The third-order valence-electron chi connectivity index (χ3n) is 7.82. The number of hydrogen-bond acceptors (Lipinski definition) is 4. The molecular weight excluding hydrogens is 422 g/mol. The molecule has 5 nitrogen and oxygen atoms in total. The quantitative estimate of drug-likeness (QED) is 0.466. The zero-order chi connectivity index (χ0) is 22.6. The van der Waals surface area contributed by atoms with Crippen LogP contribution in [0.4, 0.5) is 5.69 Å². The average molecular weight is 462 g/mol. The molecule has 32 heavy (non-hydrogen) atoms. The van der Waals surface area contributed by atoms with Crippen LogP contribution in [-0.2, 0) is 0 Å². The lowest BCUT2D eigenvalue weighted by atomic mass is 9.80. The van der Waals surface area contributed by atoms with Crippen molar-refractivity contribution in [2.45, 2.75) is 83.1 Å². The number of anilines is 1. The Bertz CT molecular complexity index is 782. The van der Waals surface area contributed by atoms with Crippen molar-refractivity contribution < 1.29 is 9.53 Å². The Balaban J connectivity index is 1.47. The van der Waals surface area contributed by atoms with Crippen LogP contribution in [0.3, 0.4) is 0 Å². The number of halogens is 1. The summed E-state index contributed by atoms with van der Waals surface area (Å²) in [5.41, 5.74) is 6.83. The molecule has 1 aromatic rings. The Hall–Kier alpha value is -1.46. The molecule has 4 rings (SSSR count). The third kappa shape index (κ3) is 6.11. The number of amides is 1. The molecule has 1 amide bonds. The number of rotatable bonds is 9. The summed E-state index contributed by atoms with van der Waals surface area (Å²) in [7, 11) is 0. The van der Waals surface area contributed by atoms with E-state index in [0.29, 0.717) is 28.6 Å². The average Bonchev–Trinajstić information content (AvgIpc) is 3.61. The van der Waals surface area contributed by atoms with E-state index >= 15 is 0 Å². The summed E-state index contributed by atoms with van der Waals surface area (Å²) >= 11 is 6.32. The number of nitrogens with zero attached hydrogens (tertiary/aromatic N) is 1. The predicted octanol–water partition coefficient (Wildman–Crippen LogP) is 5.66. The first-order valence-electron chi connectivity index (χ1n) is 12.7. The van der Waals surface area contributed by atoms with Crippen LogP contribution in [0.1, 0.15) is 87.9 Å². The molecular formula is C26H40ClN3O2. The number of likely N-dealkylation sites (tertiary alicyclic amines) is 1. The van der Waals surface area contributed by atoms with Gasteiger partial charge in [-0.2, -0.15) is 0 Å². The van der Waals surface area contributed by atoms with Gasteiger partial charge >= 0.3 is 0 Å². The minimum atomic E-state index is -0.173. The maximum absolute atomic E-state index is 13.5. The molecule has 3 fully saturated rings. The van der Waals surface area contributed by atoms with E-state index in [9.17, 15) is 4.79 Å². The molecule has 3 N–H and O–H groups in total. The summed E-state index contributed by atoms with van der Waals surface area (Å²) in [5, 5.41) is 3.87. The molecule has 3 aliphatic rings. The fourth-order valence-electron chi connectivity index (χ4n) is 5.45. The predicted molar refractivity (Wildman–Crippen MR) is 131 cm³/mol. The molecule has 1 heterocycles. The number of nitrogens with two attached hydrogens (primary N) is 1. The van der Waals surface area contributed by atoms with E-state index in [4.69, 9.17) is 22.1 Å². The van der Waals surface area contributed by atoms with E-state index in [0.717, 1.165) is 50.7 Å². The van der Waals surface area contributed by atoms with Crippen LogP contribution < -0.4 is 15.8 Å². The molecule has 0 unspecified atom stereocenters. The number of nitrogen functional groups attached to an aromatic ring is 1. The van der Waals surface area contributed by atoms with Crippen LogP contribution in [0.25, 0.3) is 0 Å². The molecule has 1 aliphatic heterocycles. The lowest BCUT2D eigenvalue weighted by Crippen LogP contribution is -2.57. The van der Waals surface area contributed by atoms with Crippen LogP contribution >= 0.6 is 11.6 Å². The van der Waals surface area contributed by atoms with Gasteiger partial charge in [-0.3, -0.25) is 4.79 Å². The second kappa shape index (κ2) is 10.6. The molecule has 0 radical (unpaired) electrons. The Morgan fingerprint density at radius 3 is 2.53 bits per heavy atom. The lowest BCUT2D eigenvalue weighted by molar-refractivity contribution is 0.0748. The largest absolute Gasteiger partial charge is 0.493 e. The highest BCUT2D eigenvalue weighted by molar-refractivity contribution is 6.33. The third-order valence-corrected chi connectivity index (χ3v) is 8.15. The summed E-state index contributed by atoms with van der Waals surface area (Å²) in [5.74, 6) is 2.10. The highest BCUT2D eigenvalue weighted by Gasteiger charge is 2.37. The van der Waals surface area contributed by atoms with Crippen molar-refractivity contribution >= 4 is 23.2 Å². The Morgan fingerprint density at radius 2 is 1.88 bits per heavy atom. The number of ether oxygens (including phenoxy) is 1. The van der Waals surface area contributed by atoms with Crippen molar-refractivity contribution in [1.82, 2.24) is 10.2 Å². The second-order valence-corrected chi connectivity index (χ2v) is 10.8. The van der Waals surface area contributed by atoms with Crippen molar-refractivity contribution in [2.75, 3.05) is 32.0 Å². The van der Waals surface area contributed by atoms with Gasteiger partial charge in [-0.1, -0.05) is 57.0 Å². The topological polar surface area (TPSA) is 67.6 Å². The van der Waals surface area contributed by atoms with E-state index in [1.54, 1.807) is 12.1 Å². The monoisotopic (exact) mass is 461 g/mol. The van der Waals surface area contributed by atoms with E-state index in [2.05, 4.69) is 17.1 Å². The number of carbonyl (C=O) groups is 1. The van der Waals surface area contributed by atoms with Gasteiger partial charge < -0.3 is 20.7 Å². The molecule has 2 aliphatic carbocycles. The molecule has 0 bridgehead atoms. The minimum absolute atomic E-state index is 0.0846. The highest BCUT2D eigenvalue weighted by Crippen LogP contribution is 2.35. The molecule has 6 heteroatoms. The maximum Gasteiger partial charge on any atom is 0.255 e. The summed E-state index contributed by atoms with van der Waals surface area (Å²) in [6.07, 6.45) is 13.1. The Kier molecular flexibility index (Phi) is 7.88. The molecule has 0 spiro atoms. The zero-order valence-electron chi connectivity index (χ0n) is 19.6. The first-order chi connectivity index (χ1) is 15.5. The van der Waals surface area contributed by atoms with Crippen molar-refractivity contribution in [1.29, 1.82) is 0 Å². The lowest BCUT2D eigenvalue weighted by Gasteiger charge is -2.43. The first kappa shape index (κ1) is 23.7. The van der Waals surface area contributed by atoms with Gasteiger partial charge in [0.2, 0.25) is 0 Å². The Labute approximate surface area is 198 Å². The van der Waals surface area contributed by atoms with Crippen molar-refractivity contribution in [3.8, 4) is 5.75 Å². The van der Waals surface area contributed by atoms with Gasteiger partial charge in [0.1, 0.15) is 5.75 Å². The standard InChI is InChI=1S/C26H40ClN3O2/c1-2-19-8-13-30(14-9-19)18-26(11-4-3-5-12-26)29-25(31)21-16-22(27)23(28)17-24(21)32-15-10-20-6-7-20/h16-17,19-20H,2-15,18,28H2,1H3,(H,29,31). The van der Waals surface area contributed by atoms with Crippen LogP contribution in [-0.4, -0.2) is 42.6 Å². The van der Waals surface area contributed by atoms with E-state index in [-0.39, 0.29) is 11.4 Å². The van der Waals surface area contributed by atoms with Gasteiger partial charge in [0.25, 0.3) is 5.91 Å². The van der Waals surface area contributed by atoms with Gasteiger partial charge in [0.05, 0.1) is 28.4 Å². The van der Waals surface area contributed by atoms with Gasteiger partial charge in [-0.15, -0.1) is 0 Å². The number of nitrogens with one attached hydrogen (secondary N) is 1. The Morgan fingerprint density at radius 1 is 1.16 bits per heavy atom. The fraction of sp³-hybridized carbons (Fsp3) is 0.731. The molecule has 0 aromatic heterocycles. The van der Waals surface area contributed by atoms with Crippen molar-refractivity contribution in [3.05, 3.63) is 22.7 Å². The van der Waals surface area contributed by atoms with E-state index in [1.165, 1.54) is 51.4 Å². The van der Waals surface area contributed by atoms with Gasteiger partial charge in [-0.25, -0.2) is 0 Å². The molecule has 0 atom stereocenters. The van der Waals surface area contributed by atoms with Gasteiger partial charge in [-0.05, 0) is 63.1 Å². The van der Waals surface area contributed by atoms with Crippen LogP contribution in [0.15, 0.2) is 12.1 Å². The van der Waals surface area contributed by atoms with Crippen LogP contribution in [0.5, 0.6) is 5.75 Å². The minimum Gasteiger partial charge on any atom is -0.493 e. The SMILES string of the molecule is CCC1CCN(CC2(NC(=O)c3cc(Cl)c(N)cc3OCCC3CC3)CCCCC2)CC1. The van der Waals surface area contributed by atoms with Crippen molar-refractivity contribution in [2.24, 2.45) is 11.8 Å². The van der Waals surface area contributed by atoms with Crippen LogP contribution in [0, 0.1) is 11.8 Å². The van der Waals surface area contributed by atoms with E-state index < -0.39 is 0 Å². The maximum atomic E-state index is 13.5. The summed E-state index contributed by atoms with van der Waals surface area (Å²) in [4.78, 5) is 16.1. The molecule has 2 saturated carbocycles. The number of benzene rings is 1. The highest BCUT2D eigenvalue weighted by atomic mass is 35.5. The molecule has 1 saturated heterocycles. The van der Waals surface area contributed by atoms with Crippen molar-refractivity contribution in [3.63, 3.8) is 0 Å². The normalized spacial score (nSPS) is 21.9. The first-order valence-corrected chi connectivity index (χ1v) is 13.1.